The van der Waals surface area contributed by atoms with Crippen LogP contribution in [0.5, 0.6) is 11.5 Å². The summed E-state index contributed by atoms with van der Waals surface area (Å²) >= 11 is 12.1. The first kappa shape index (κ1) is 17.9. The number of nitrogens with zero attached hydrogens (tertiary/aromatic N) is 1. The van der Waals surface area contributed by atoms with Crippen molar-refractivity contribution in [1.29, 1.82) is 0 Å². The Hall–Kier alpha value is -2.44. The summed E-state index contributed by atoms with van der Waals surface area (Å²) in [4.78, 5) is 27.3. The summed E-state index contributed by atoms with van der Waals surface area (Å²) in [6, 6.07) is 9.29. The van der Waals surface area contributed by atoms with Crippen LogP contribution in [0.4, 0.5) is 5.69 Å². The Kier molecular flexibility index (Phi) is 4.85. The molecule has 2 aliphatic rings. The lowest BCUT2D eigenvalue weighted by Gasteiger charge is -2.24. The van der Waals surface area contributed by atoms with Crippen molar-refractivity contribution in [1.82, 2.24) is 4.90 Å². The van der Waals surface area contributed by atoms with Gasteiger partial charge in [-0.3, -0.25) is 9.59 Å². The number of nitrogens with one attached hydrogen (secondary N) is 1. The second-order valence-corrected chi connectivity index (χ2v) is 7.18. The number of rotatable bonds is 3. The highest BCUT2D eigenvalue weighted by molar-refractivity contribution is 6.35. The van der Waals surface area contributed by atoms with Crippen LogP contribution in [0.25, 0.3) is 0 Å². The first-order chi connectivity index (χ1) is 13.0. The molecule has 0 radical (unpaired) electrons. The molecule has 1 fully saturated rings. The van der Waals surface area contributed by atoms with Crippen LogP contribution in [0.2, 0.25) is 10.0 Å². The van der Waals surface area contributed by atoms with Gasteiger partial charge in [-0.2, -0.15) is 0 Å². The third-order valence-electron chi connectivity index (χ3n) is 4.62. The lowest BCUT2D eigenvalue weighted by atomic mass is 10.1. The minimum Gasteiger partial charge on any atom is -0.454 e. The van der Waals surface area contributed by atoms with Gasteiger partial charge in [0, 0.05) is 17.1 Å². The van der Waals surface area contributed by atoms with Crippen LogP contribution < -0.4 is 14.8 Å². The molecule has 2 heterocycles. The molecule has 0 bridgehead atoms. The average Bonchev–Trinajstić information content (AvgIpc) is 3.32. The number of carbonyl (C=O) groups is 2. The Morgan fingerprint density at radius 2 is 1.89 bits per heavy atom. The van der Waals surface area contributed by atoms with E-state index >= 15 is 0 Å². The van der Waals surface area contributed by atoms with Gasteiger partial charge in [-0.05, 0) is 49.2 Å². The molecule has 0 unspecified atom stereocenters. The zero-order valence-electron chi connectivity index (χ0n) is 14.2. The molecular weight excluding hydrogens is 391 g/mol. The molecule has 2 aromatic rings. The smallest absolute Gasteiger partial charge is 0.254 e. The molecule has 4 rings (SSSR count). The number of ether oxygens (including phenoxy) is 2. The first-order valence-corrected chi connectivity index (χ1v) is 9.25. The topological polar surface area (TPSA) is 67.9 Å². The van der Waals surface area contributed by atoms with Crippen LogP contribution in [0.3, 0.4) is 0 Å². The highest BCUT2D eigenvalue weighted by Gasteiger charge is 2.35. The zero-order chi connectivity index (χ0) is 19.0. The molecule has 1 atom stereocenters. The fourth-order valence-corrected chi connectivity index (χ4v) is 3.62. The number of fused-ring (bicyclic) bond motifs is 1. The van der Waals surface area contributed by atoms with E-state index in [9.17, 15) is 9.59 Å². The van der Waals surface area contributed by atoms with E-state index in [1.54, 1.807) is 41.3 Å². The van der Waals surface area contributed by atoms with Crippen LogP contribution in [0.15, 0.2) is 36.4 Å². The van der Waals surface area contributed by atoms with Crippen LogP contribution in [-0.4, -0.2) is 36.1 Å². The van der Waals surface area contributed by atoms with Crippen LogP contribution >= 0.6 is 23.2 Å². The van der Waals surface area contributed by atoms with Crippen molar-refractivity contribution in [2.45, 2.75) is 18.9 Å². The molecule has 2 aromatic carbocycles. The molecule has 0 aromatic heterocycles. The van der Waals surface area contributed by atoms with Gasteiger partial charge in [0.25, 0.3) is 5.91 Å². The molecule has 27 heavy (non-hydrogen) atoms. The Labute approximate surface area is 165 Å². The van der Waals surface area contributed by atoms with E-state index in [0.29, 0.717) is 45.8 Å². The van der Waals surface area contributed by atoms with Gasteiger partial charge < -0.3 is 19.7 Å². The van der Waals surface area contributed by atoms with Crippen molar-refractivity contribution in [2.75, 3.05) is 18.7 Å². The van der Waals surface area contributed by atoms with Crippen molar-refractivity contribution >= 4 is 40.7 Å². The Bertz CT molecular complexity index is 919. The average molecular weight is 407 g/mol. The zero-order valence-corrected chi connectivity index (χ0v) is 15.7. The minimum atomic E-state index is -0.571. The van der Waals surface area contributed by atoms with Gasteiger partial charge >= 0.3 is 0 Å². The van der Waals surface area contributed by atoms with Gasteiger partial charge in [0.15, 0.2) is 11.5 Å². The maximum atomic E-state index is 12.9. The molecule has 1 saturated heterocycles. The maximum Gasteiger partial charge on any atom is 0.254 e. The van der Waals surface area contributed by atoms with E-state index in [1.165, 1.54) is 0 Å². The molecule has 1 N–H and O–H groups in total. The van der Waals surface area contributed by atoms with Crippen LogP contribution in [-0.2, 0) is 4.79 Å². The number of carbonyl (C=O) groups excluding carboxylic acids is 2. The van der Waals surface area contributed by atoms with Gasteiger partial charge in [-0.15, -0.1) is 0 Å². The third-order valence-corrected chi connectivity index (χ3v) is 5.19. The van der Waals surface area contributed by atoms with Gasteiger partial charge in [-0.25, -0.2) is 0 Å². The molecule has 140 valence electrons. The number of anilines is 1. The first-order valence-electron chi connectivity index (χ1n) is 8.49. The molecule has 2 aliphatic heterocycles. The molecule has 0 spiro atoms. The number of benzene rings is 2. The highest BCUT2D eigenvalue weighted by Crippen LogP contribution is 2.34. The summed E-state index contributed by atoms with van der Waals surface area (Å²) in [5.41, 5.74) is 0.885. The molecular formula is C19H16Cl2N2O4. The number of hydrogen-bond donors (Lipinski definition) is 1. The van der Waals surface area contributed by atoms with E-state index in [1.807, 2.05) is 0 Å². The normalized spacial score (nSPS) is 17.9. The van der Waals surface area contributed by atoms with E-state index in [0.717, 1.165) is 6.42 Å². The fraction of sp³-hybridized carbons (Fsp3) is 0.263. The molecule has 0 saturated carbocycles. The number of hydrogen-bond acceptors (Lipinski definition) is 4. The summed E-state index contributed by atoms with van der Waals surface area (Å²) in [5, 5.41) is 3.63. The van der Waals surface area contributed by atoms with Crippen molar-refractivity contribution in [2.24, 2.45) is 0 Å². The predicted octanol–water partition coefficient (Wildman–Crippen LogP) is 3.97. The largest absolute Gasteiger partial charge is 0.454 e. The van der Waals surface area contributed by atoms with Gasteiger partial charge in [-0.1, -0.05) is 23.2 Å². The van der Waals surface area contributed by atoms with E-state index in [-0.39, 0.29) is 18.6 Å². The van der Waals surface area contributed by atoms with Crippen LogP contribution in [0, 0.1) is 0 Å². The summed E-state index contributed by atoms with van der Waals surface area (Å²) in [6.07, 6.45) is 1.33. The number of amides is 2. The molecule has 0 aliphatic carbocycles. The van der Waals surface area contributed by atoms with Crippen molar-refractivity contribution in [3.05, 3.63) is 52.0 Å². The quantitative estimate of drug-likeness (QED) is 0.837. The molecule has 8 heteroatoms. The number of likely N-dealkylation sites (tertiary alicyclic amines) is 1. The second-order valence-electron chi connectivity index (χ2n) is 6.34. The summed E-state index contributed by atoms with van der Waals surface area (Å²) in [7, 11) is 0. The number of halogens is 2. The van der Waals surface area contributed by atoms with Crippen molar-refractivity contribution in [3.63, 3.8) is 0 Å². The van der Waals surface area contributed by atoms with Crippen LogP contribution in [0.1, 0.15) is 23.2 Å². The van der Waals surface area contributed by atoms with Gasteiger partial charge in [0.2, 0.25) is 12.7 Å². The highest BCUT2D eigenvalue weighted by atomic mass is 35.5. The third kappa shape index (κ3) is 3.55. The Balaban J connectivity index is 1.52. The SMILES string of the molecule is O=C(Nc1cc(Cl)ccc1Cl)[C@@H]1CCCN1C(=O)c1ccc2c(c1)OCO2. The lowest BCUT2D eigenvalue weighted by Crippen LogP contribution is -2.43. The van der Waals surface area contributed by atoms with E-state index in [4.69, 9.17) is 32.7 Å². The summed E-state index contributed by atoms with van der Waals surface area (Å²) < 4.78 is 10.6. The van der Waals surface area contributed by atoms with Crippen molar-refractivity contribution < 1.29 is 19.1 Å². The van der Waals surface area contributed by atoms with E-state index < -0.39 is 6.04 Å². The molecule has 6 nitrogen and oxygen atoms in total. The van der Waals surface area contributed by atoms with E-state index in [2.05, 4.69) is 5.32 Å². The molecule has 2 amide bonds. The van der Waals surface area contributed by atoms with Gasteiger partial charge in [0.1, 0.15) is 6.04 Å². The minimum absolute atomic E-state index is 0.141. The van der Waals surface area contributed by atoms with Gasteiger partial charge in [0.05, 0.1) is 10.7 Å². The maximum absolute atomic E-state index is 12.9. The Morgan fingerprint density at radius 3 is 2.74 bits per heavy atom. The second kappa shape index (κ2) is 7.29. The summed E-state index contributed by atoms with van der Waals surface area (Å²) in [6.45, 7) is 0.650. The monoisotopic (exact) mass is 406 g/mol. The Morgan fingerprint density at radius 1 is 1.07 bits per heavy atom. The fourth-order valence-electron chi connectivity index (χ4n) is 3.29. The summed E-state index contributed by atoms with van der Waals surface area (Å²) in [5.74, 6) is 0.638. The predicted molar refractivity (Wildman–Crippen MR) is 102 cm³/mol. The van der Waals surface area contributed by atoms with Crippen molar-refractivity contribution in [3.8, 4) is 11.5 Å². The standard InChI is InChI=1S/C19H16Cl2N2O4/c20-12-4-5-13(21)14(9-12)22-18(24)15-2-1-7-23(15)19(25)11-3-6-16-17(8-11)27-10-26-16/h3-6,8-9,15H,1-2,7,10H2,(H,22,24)/t15-/m0/s1. The lowest BCUT2D eigenvalue weighted by molar-refractivity contribution is -0.119.